The number of pyridine rings is 1. The minimum atomic E-state index is 0.421. The van der Waals surface area contributed by atoms with Crippen LogP contribution in [0.4, 0.5) is 5.82 Å². The molecule has 19 heavy (non-hydrogen) atoms. The van der Waals surface area contributed by atoms with E-state index in [0.717, 1.165) is 31.1 Å². The summed E-state index contributed by atoms with van der Waals surface area (Å²) in [5.74, 6) is 4.11. The summed E-state index contributed by atoms with van der Waals surface area (Å²) in [4.78, 5) is 6.86. The van der Waals surface area contributed by atoms with Gasteiger partial charge >= 0.3 is 0 Å². The third-order valence-corrected chi connectivity index (χ3v) is 3.05. The summed E-state index contributed by atoms with van der Waals surface area (Å²) < 4.78 is 0. The number of anilines is 1. The molecule has 0 aliphatic carbocycles. The van der Waals surface area contributed by atoms with Gasteiger partial charge in [0.05, 0.1) is 6.54 Å². The summed E-state index contributed by atoms with van der Waals surface area (Å²) in [7, 11) is 0. The van der Waals surface area contributed by atoms with Crippen LogP contribution in [0.1, 0.15) is 44.9 Å². The van der Waals surface area contributed by atoms with Gasteiger partial charge in [-0.3, -0.25) is 0 Å². The van der Waals surface area contributed by atoms with E-state index in [1.54, 1.807) is 0 Å². The van der Waals surface area contributed by atoms with Crippen molar-refractivity contribution in [3.63, 3.8) is 0 Å². The number of rotatable bonds is 7. The molecular formula is C16H25N3. The van der Waals surface area contributed by atoms with Crippen LogP contribution in [0.25, 0.3) is 0 Å². The van der Waals surface area contributed by atoms with Crippen LogP contribution < -0.4 is 10.2 Å². The number of hydrogen-bond donors (Lipinski definition) is 1. The van der Waals surface area contributed by atoms with Crippen LogP contribution in [0.15, 0.2) is 12.1 Å². The van der Waals surface area contributed by atoms with Crippen LogP contribution in [0.3, 0.4) is 0 Å². The molecule has 0 aliphatic rings. The van der Waals surface area contributed by atoms with E-state index >= 15 is 0 Å². The number of hydrogen-bond acceptors (Lipinski definition) is 3. The Morgan fingerprint density at radius 3 is 2.63 bits per heavy atom. The van der Waals surface area contributed by atoms with E-state index in [-0.39, 0.29) is 0 Å². The van der Waals surface area contributed by atoms with E-state index in [2.05, 4.69) is 56.0 Å². The van der Waals surface area contributed by atoms with Crippen molar-refractivity contribution in [3.8, 4) is 12.3 Å². The van der Waals surface area contributed by atoms with Crippen molar-refractivity contribution in [2.24, 2.45) is 0 Å². The first kappa shape index (κ1) is 15.5. The highest BCUT2D eigenvalue weighted by Crippen LogP contribution is 2.20. The number of aromatic nitrogens is 1. The molecule has 3 nitrogen and oxygen atoms in total. The average Bonchev–Trinajstić information content (AvgIpc) is 2.42. The average molecular weight is 259 g/mol. The lowest BCUT2D eigenvalue weighted by Crippen LogP contribution is -2.25. The van der Waals surface area contributed by atoms with Crippen molar-refractivity contribution < 1.29 is 0 Å². The van der Waals surface area contributed by atoms with E-state index in [0.29, 0.717) is 12.5 Å². The van der Waals surface area contributed by atoms with E-state index < -0.39 is 0 Å². The fourth-order valence-corrected chi connectivity index (χ4v) is 1.89. The maximum atomic E-state index is 5.43. The molecule has 1 rings (SSSR count). The molecule has 0 fully saturated rings. The molecule has 1 aromatic heterocycles. The van der Waals surface area contributed by atoms with Crippen molar-refractivity contribution in [1.82, 2.24) is 10.3 Å². The third-order valence-electron chi connectivity index (χ3n) is 3.05. The molecule has 0 saturated carbocycles. The zero-order chi connectivity index (χ0) is 14.3. The molecule has 1 heterocycles. The van der Waals surface area contributed by atoms with Crippen LogP contribution >= 0.6 is 0 Å². The van der Waals surface area contributed by atoms with Gasteiger partial charge in [-0.1, -0.05) is 26.7 Å². The summed E-state index contributed by atoms with van der Waals surface area (Å²) in [5, 5.41) is 3.36. The predicted octanol–water partition coefficient (Wildman–Crippen LogP) is 2.77. The smallest absolute Gasteiger partial charge is 0.129 e. The number of nitrogens with zero attached hydrogens (tertiary/aromatic N) is 2. The summed E-state index contributed by atoms with van der Waals surface area (Å²) >= 11 is 0. The highest BCUT2D eigenvalue weighted by Gasteiger charge is 2.10. The first-order valence-corrected chi connectivity index (χ1v) is 7.02. The van der Waals surface area contributed by atoms with Gasteiger partial charge in [0.2, 0.25) is 0 Å². The molecule has 0 radical (unpaired) electrons. The third kappa shape index (κ3) is 4.57. The molecular weight excluding hydrogens is 234 g/mol. The van der Waals surface area contributed by atoms with Crippen molar-refractivity contribution >= 4 is 5.82 Å². The lowest BCUT2D eigenvalue weighted by Gasteiger charge is -2.21. The SMILES string of the molecule is C#CCN(CC)c1cc(CNCC)cc(C(C)C)n1. The topological polar surface area (TPSA) is 28.2 Å². The lowest BCUT2D eigenvalue weighted by atomic mass is 10.1. The molecule has 0 bridgehead atoms. The summed E-state index contributed by atoms with van der Waals surface area (Å²) in [6, 6.07) is 4.32. The van der Waals surface area contributed by atoms with E-state index in [1.807, 2.05) is 0 Å². The normalized spacial score (nSPS) is 10.5. The van der Waals surface area contributed by atoms with Crippen LogP contribution in [0.2, 0.25) is 0 Å². The molecule has 3 heteroatoms. The molecule has 0 atom stereocenters. The molecule has 0 aromatic carbocycles. The molecule has 1 N–H and O–H groups in total. The lowest BCUT2D eigenvalue weighted by molar-refractivity contribution is 0.718. The second-order valence-electron chi connectivity index (χ2n) is 4.91. The quantitative estimate of drug-likeness (QED) is 0.763. The van der Waals surface area contributed by atoms with Crippen LogP contribution in [0.5, 0.6) is 0 Å². The Hall–Kier alpha value is -1.53. The number of terminal acetylenes is 1. The van der Waals surface area contributed by atoms with Gasteiger partial charge < -0.3 is 10.2 Å². The molecule has 1 aromatic rings. The Balaban J connectivity index is 3.08. The highest BCUT2D eigenvalue weighted by atomic mass is 15.2. The Morgan fingerprint density at radius 1 is 1.37 bits per heavy atom. The maximum Gasteiger partial charge on any atom is 0.129 e. The standard InChI is InChI=1S/C16H25N3/c1-6-9-19(8-3)16-11-14(12-17-7-2)10-15(18-16)13(4)5/h1,10-11,13,17H,7-9,12H2,2-5H3. The fraction of sp³-hybridized carbons (Fsp3) is 0.562. The molecule has 0 aliphatic heterocycles. The molecule has 0 unspecified atom stereocenters. The van der Waals surface area contributed by atoms with E-state index in [9.17, 15) is 0 Å². The van der Waals surface area contributed by atoms with Crippen molar-refractivity contribution in [2.45, 2.75) is 40.2 Å². The minimum Gasteiger partial charge on any atom is -0.346 e. The Morgan fingerprint density at radius 2 is 2.11 bits per heavy atom. The monoisotopic (exact) mass is 259 g/mol. The van der Waals surface area contributed by atoms with Gasteiger partial charge in [-0.05, 0) is 37.1 Å². The summed E-state index contributed by atoms with van der Waals surface area (Å²) in [5.41, 5.74) is 2.40. The maximum absolute atomic E-state index is 5.43. The molecule has 0 saturated heterocycles. The first-order chi connectivity index (χ1) is 9.12. The van der Waals surface area contributed by atoms with Crippen LogP contribution in [-0.2, 0) is 6.54 Å². The van der Waals surface area contributed by atoms with Crippen molar-refractivity contribution in [3.05, 3.63) is 23.4 Å². The van der Waals surface area contributed by atoms with Gasteiger partial charge in [-0.15, -0.1) is 6.42 Å². The van der Waals surface area contributed by atoms with Crippen LogP contribution in [-0.4, -0.2) is 24.6 Å². The van der Waals surface area contributed by atoms with Crippen molar-refractivity contribution in [1.29, 1.82) is 0 Å². The minimum absolute atomic E-state index is 0.421. The van der Waals surface area contributed by atoms with E-state index in [1.165, 1.54) is 5.56 Å². The van der Waals surface area contributed by atoms with E-state index in [4.69, 9.17) is 11.4 Å². The second kappa shape index (κ2) is 7.81. The molecule has 0 spiro atoms. The Labute approximate surface area is 117 Å². The van der Waals surface area contributed by atoms with Gasteiger partial charge in [-0.25, -0.2) is 4.98 Å². The zero-order valence-corrected chi connectivity index (χ0v) is 12.5. The number of nitrogens with one attached hydrogen (secondary N) is 1. The van der Waals surface area contributed by atoms with Gasteiger partial charge in [0.15, 0.2) is 0 Å². The Kier molecular flexibility index (Phi) is 6.38. The van der Waals surface area contributed by atoms with Gasteiger partial charge in [0.1, 0.15) is 5.82 Å². The first-order valence-electron chi connectivity index (χ1n) is 7.02. The second-order valence-corrected chi connectivity index (χ2v) is 4.91. The predicted molar refractivity (Wildman–Crippen MR) is 82.4 cm³/mol. The summed E-state index contributed by atoms with van der Waals surface area (Å²) in [6.07, 6.45) is 5.43. The Bertz CT molecular complexity index is 432. The molecule has 104 valence electrons. The van der Waals surface area contributed by atoms with Gasteiger partial charge in [0.25, 0.3) is 0 Å². The largest absolute Gasteiger partial charge is 0.346 e. The zero-order valence-electron chi connectivity index (χ0n) is 12.5. The molecule has 0 amide bonds. The van der Waals surface area contributed by atoms with Crippen LogP contribution in [0, 0.1) is 12.3 Å². The fourth-order valence-electron chi connectivity index (χ4n) is 1.89. The van der Waals surface area contributed by atoms with Gasteiger partial charge in [0, 0.05) is 18.8 Å². The highest BCUT2D eigenvalue weighted by molar-refractivity contribution is 5.44. The van der Waals surface area contributed by atoms with Crippen molar-refractivity contribution in [2.75, 3.05) is 24.5 Å². The summed E-state index contributed by atoms with van der Waals surface area (Å²) in [6.45, 7) is 11.9. The van der Waals surface area contributed by atoms with Gasteiger partial charge in [-0.2, -0.15) is 0 Å².